The van der Waals surface area contributed by atoms with Gasteiger partial charge in [-0.1, -0.05) is 6.92 Å². The van der Waals surface area contributed by atoms with E-state index < -0.39 is 0 Å². The summed E-state index contributed by atoms with van der Waals surface area (Å²) in [6.07, 6.45) is 0.485. The minimum absolute atomic E-state index is 0.0163. The molecule has 16 heavy (non-hydrogen) atoms. The van der Waals surface area contributed by atoms with Crippen LogP contribution in [0.15, 0.2) is 24.3 Å². The molecule has 0 aliphatic carbocycles. The number of carbonyl (C=O) groups excluding carboxylic acids is 2. The van der Waals surface area contributed by atoms with Crippen LogP contribution in [0.25, 0.3) is 0 Å². The third-order valence-electron chi connectivity index (χ3n) is 2.15. The van der Waals surface area contributed by atoms with E-state index in [4.69, 9.17) is 4.74 Å². The van der Waals surface area contributed by atoms with Gasteiger partial charge in [0.25, 0.3) is 5.91 Å². The topological polar surface area (TPSA) is 55.4 Å². The monoisotopic (exact) mass is 221 g/mol. The highest BCUT2D eigenvalue weighted by Gasteiger charge is 2.03. The van der Waals surface area contributed by atoms with Crippen molar-refractivity contribution in [3.8, 4) is 5.75 Å². The minimum Gasteiger partial charge on any atom is -0.484 e. The van der Waals surface area contributed by atoms with E-state index in [-0.39, 0.29) is 18.3 Å². The highest BCUT2D eigenvalue weighted by Crippen LogP contribution is 2.13. The summed E-state index contributed by atoms with van der Waals surface area (Å²) >= 11 is 0. The van der Waals surface area contributed by atoms with Gasteiger partial charge in [-0.25, -0.2) is 0 Å². The Hall–Kier alpha value is -1.84. The molecule has 1 N–H and O–H groups in total. The summed E-state index contributed by atoms with van der Waals surface area (Å²) in [5, 5.41) is 2.46. The molecular weight excluding hydrogens is 206 g/mol. The normalized spacial score (nSPS) is 9.62. The lowest BCUT2D eigenvalue weighted by molar-refractivity contribution is -0.122. The second-order valence-corrected chi connectivity index (χ2v) is 3.26. The van der Waals surface area contributed by atoms with E-state index in [2.05, 4.69) is 5.32 Å². The molecule has 86 valence electrons. The highest BCUT2D eigenvalue weighted by atomic mass is 16.5. The van der Waals surface area contributed by atoms with Gasteiger partial charge in [0.1, 0.15) is 5.75 Å². The lowest BCUT2D eigenvalue weighted by Gasteiger charge is -2.05. The number of benzene rings is 1. The van der Waals surface area contributed by atoms with Crippen molar-refractivity contribution in [2.45, 2.75) is 13.3 Å². The Morgan fingerprint density at radius 3 is 2.38 bits per heavy atom. The fourth-order valence-electron chi connectivity index (χ4n) is 1.16. The number of ether oxygens (including phenoxy) is 1. The van der Waals surface area contributed by atoms with Crippen molar-refractivity contribution in [3.63, 3.8) is 0 Å². The summed E-state index contributed by atoms with van der Waals surface area (Å²) in [6.45, 7) is 1.80. The van der Waals surface area contributed by atoms with Gasteiger partial charge in [-0.05, 0) is 24.3 Å². The quantitative estimate of drug-likeness (QED) is 0.765. The minimum atomic E-state index is -0.186. The number of hydrogen-bond donors (Lipinski definition) is 1. The molecule has 0 fully saturated rings. The van der Waals surface area contributed by atoms with Crippen molar-refractivity contribution in [3.05, 3.63) is 29.8 Å². The lowest BCUT2D eigenvalue weighted by atomic mass is 10.1. The van der Waals surface area contributed by atoms with Crippen molar-refractivity contribution < 1.29 is 14.3 Å². The predicted octanol–water partition coefficient (Wildman–Crippen LogP) is 1.40. The first kappa shape index (κ1) is 12.2. The van der Waals surface area contributed by atoms with Gasteiger partial charge in [-0.3, -0.25) is 9.59 Å². The highest BCUT2D eigenvalue weighted by molar-refractivity contribution is 5.95. The molecule has 0 bridgehead atoms. The largest absolute Gasteiger partial charge is 0.484 e. The maximum absolute atomic E-state index is 11.3. The Bertz CT molecular complexity index is 370. The van der Waals surface area contributed by atoms with Crippen molar-refractivity contribution in [1.29, 1.82) is 0 Å². The molecule has 0 aromatic heterocycles. The summed E-state index contributed by atoms with van der Waals surface area (Å²) < 4.78 is 5.20. The van der Waals surface area contributed by atoms with Gasteiger partial charge in [0, 0.05) is 19.0 Å². The molecule has 1 aromatic carbocycles. The number of carbonyl (C=O) groups is 2. The molecule has 1 amide bonds. The third-order valence-corrected chi connectivity index (χ3v) is 2.15. The standard InChI is InChI=1S/C12H15NO3/c1-3-11(14)9-4-6-10(7-5-9)16-8-12(15)13-2/h4-7H,3,8H2,1-2H3,(H,13,15). The zero-order chi connectivity index (χ0) is 12.0. The van der Waals surface area contributed by atoms with Crippen LogP contribution in [0.2, 0.25) is 0 Å². The molecule has 0 aliphatic heterocycles. The summed E-state index contributed by atoms with van der Waals surface area (Å²) in [7, 11) is 1.55. The van der Waals surface area contributed by atoms with Gasteiger partial charge < -0.3 is 10.1 Å². The maximum atomic E-state index is 11.3. The second kappa shape index (κ2) is 5.90. The number of likely N-dealkylation sites (N-methyl/N-ethyl adjacent to an activating group) is 1. The summed E-state index contributed by atoms with van der Waals surface area (Å²) in [5.74, 6) is 0.489. The number of nitrogens with one attached hydrogen (secondary N) is 1. The van der Waals surface area contributed by atoms with Crippen molar-refractivity contribution in [2.24, 2.45) is 0 Å². The van der Waals surface area contributed by atoms with E-state index in [1.165, 1.54) is 0 Å². The Kier molecular flexibility index (Phi) is 4.51. The second-order valence-electron chi connectivity index (χ2n) is 3.26. The first-order chi connectivity index (χ1) is 7.67. The van der Waals surface area contributed by atoms with E-state index in [0.717, 1.165) is 0 Å². The van der Waals surface area contributed by atoms with E-state index >= 15 is 0 Å². The number of ketones is 1. The molecule has 0 atom stereocenters. The number of amides is 1. The fraction of sp³-hybridized carbons (Fsp3) is 0.333. The molecule has 0 heterocycles. The van der Waals surface area contributed by atoms with Crippen LogP contribution in [0.1, 0.15) is 23.7 Å². The Morgan fingerprint density at radius 1 is 1.25 bits per heavy atom. The molecule has 0 saturated carbocycles. The van der Waals surface area contributed by atoms with Crippen LogP contribution in [0.5, 0.6) is 5.75 Å². The molecule has 4 heteroatoms. The van der Waals surface area contributed by atoms with Gasteiger partial charge in [-0.2, -0.15) is 0 Å². The van der Waals surface area contributed by atoms with Gasteiger partial charge in [0.05, 0.1) is 0 Å². The summed E-state index contributed by atoms with van der Waals surface area (Å²) in [6, 6.07) is 6.77. The molecule has 4 nitrogen and oxygen atoms in total. The average molecular weight is 221 g/mol. The van der Waals surface area contributed by atoms with Crippen LogP contribution in [-0.4, -0.2) is 25.3 Å². The van der Waals surface area contributed by atoms with E-state index in [1.807, 2.05) is 6.92 Å². The summed E-state index contributed by atoms with van der Waals surface area (Å²) in [5.41, 5.74) is 0.662. The smallest absolute Gasteiger partial charge is 0.257 e. The van der Waals surface area contributed by atoms with Gasteiger partial charge >= 0.3 is 0 Å². The molecule has 0 unspecified atom stereocenters. The maximum Gasteiger partial charge on any atom is 0.257 e. The first-order valence-electron chi connectivity index (χ1n) is 5.14. The molecule has 0 spiro atoms. The molecule has 0 aliphatic rings. The predicted molar refractivity (Wildman–Crippen MR) is 60.6 cm³/mol. The molecule has 1 aromatic rings. The number of rotatable bonds is 5. The Balaban J connectivity index is 2.58. The van der Waals surface area contributed by atoms with Crippen molar-refractivity contribution in [1.82, 2.24) is 5.32 Å². The molecule has 1 rings (SSSR count). The third kappa shape index (κ3) is 3.38. The van der Waals surface area contributed by atoms with Crippen LogP contribution < -0.4 is 10.1 Å². The Morgan fingerprint density at radius 2 is 1.88 bits per heavy atom. The van der Waals surface area contributed by atoms with Crippen LogP contribution in [0, 0.1) is 0 Å². The SMILES string of the molecule is CCC(=O)c1ccc(OCC(=O)NC)cc1. The fourth-order valence-corrected chi connectivity index (χ4v) is 1.16. The first-order valence-corrected chi connectivity index (χ1v) is 5.14. The molecular formula is C12H15NO3. The zero-order valence-corrected chi connectivity index (χ0v) is 9.45. The number of Topliss-reactive ketones (excluding diaryl/α,β-unsaturated/α-hetero) is 1. The van der Waals surface area contributed by atoms with Gasteiger partial charge in [-0.15, -0.1) is 0 Å². The van der Waals surface area contributed by atoms with Crippen molar-refractivity contribution >= 4 is 11.7 Å². The van der Waals surface area contributed by atoms with Crippen LogP contribution in [0.4, 0.5) is 0 Å². The zero-order valence-electron chi connectivity index (χ0n) is 9.45. The van der Waals surface area contributed by atoms with E-state index in [0.29, 0.717) is 17.7 Å². The van der Waals surface area contributed by atoms with Crippen LogP contribution in [0.3, 0.4) is 0 Å². The van der Waals surface area contributed by atoms with Crippen molar-refractivity contribution in [2.75, 3.05) is 13.7 Å². The Labute approximate surface area is 94.6 Å². The average Bonchev–Trinajstić information content (AvgIpc) is 2.35. The number of hydrogen-bond acceptors (Lipinski definition) is 3. The van der Waals surface area contributed by atoms with Gasteiger partial charge in [0.2, 0.25) is 0 Å². The van der Waals surface area contributed by atoms with Crippen LogP contribution in [-0.2, 0) is 4.79 Å². The molecule has 0 radical (unpaired) electrons. The van der Waals surface area contributed by atoms with E-state index in [9.17, 15) is 9.59 Å². The van der Waals surface area contributed by atoms with Gasteiger partial charge in [0.15, 0.2) is 12.4 Å². The van der Waals surface area contributed by atoms with Crippen LogP contribution >= 0.6 is 0 Å². The lowest BCUT2D eigenvalue weighted by Crippen LogP contribution is -2.24. The van der Waals surface area contributed by atoms with E-state index in [1.54, 1.807) is 31.3 Å². The molecule has 0 saturated heterocycles. The summed E-state index contributed by atoms with van der Waals surface area (Å²) in [4.78, 5) is 22.2.